The number of aromatic nitrogens is 4. The van der Waals surface area contributed by atoms with E-state index in [1.54, 1.807) is 0 Å². The van der Waals surface area contributed by atoms with Crippen molar-refractivity contribution >= 4 is 5.91 Å². The minimum absolute atomic E-state index is 0.00841. The highest BCUT2D eigenvalue weighted by Gasteiger charge is 2.16. The lowest BCUT2D eigenvalue weighted by molar-refractivity contribution is 0.0938. The summed E-state index contributed by atoms with van der Waals surface area (Å²) in [6.07, 6.45) is 1.89. The van der Waals surface area contributed by atoms with Crippen LogP contribution in [0.2, 0.25) is 0 Å². The van der Waals surface area contributed by atoms with E-state index in [9.17, 15) is 9.59 Å². The second-order valence-electron chi connectivity index (χ2n) is 6.46. The van der Waals surface area contributed by atoms with Crippen LogP contribution in [0, 0.1) is 13.8 Å². The van der Waals surface area contributed by atoms with Crippen LogP contribution in [-0.4, -0.2) is 32.1 Å². The predicted octanol–water partition coefficient (Wildman–Crippen LogP) is 2.14. The summed E-state index contributed by atoms with van der Waals surface area (Å²) in [6.45, 7) is 5.77. The van der Waals surface area contributed by atoms with Crippen molar-refractivity contribution in [2.75, 3.05) is 0 Å². The lowest BCUT2D eigenvalue weighted by Gasteiger charge is -2.12. The Morgan fingerprint density at radius 1 is 1.23 bits per heavy atom. The Hall–Kier alpha value is -3.22. The number of carbonyl (C=O) groups excluding carboxylic acids is 1. The Balaban J connectivity index is 1.71. The lowest BCUT2D eigenvalue weighted by Crippen LogP contribution is -2.37. The van der Waals surface area contributed by atoms with Gasteiger partial charge in [0.05, 0.1) is 5.69 Å². The van der Waals surface area contributed by atoms with Gasteiger partial charge in [-0.1, -0.05) is 29.8 Å². The van der Waals surface area contributed by atoms with Gasteiger partial charge >= 0.3 is 0 Å². The number of carbonyl (C=O) groups is 1. The molecule has 3 aromatic rings. The van der Waals surface area contributed by atoms with Crippen LogP contribution in [0.4, 0.5) is 0 Å². The van der Waals surface area contributed by atoms with E-state index in [1.807, 2.05) is 51.1 Å². The van der Waals surface area contributed by atoms with Crippen molar-refractivity contribution in [3.8, 4) is 11.4 Å². The molecule has 1 amide bonds. The number of hydrogen-bond acceptors (Lipinski definition) is 4. The summed E-state index contributed by atoms with van der Waals surface area (Å²) in [5, 5.41) is 9.82. The molecular weight excluding hydrogens is 330 g/mol. The van der Waals surface area contributed by atoms with Gasteiger partial charge in [0.15, 0.2) is 0 Å². The van der Waals surface area contributed by atoms with E-state index in [1.165, 1.54) is 6.20 Å². The molecule has 7 heteroatoms. The highest BCUT2D eigenvalue weighted by molar-refractivity contribution is 5.93. The molecule has 0 saturated carbocycles. The Morgan fingerprint density at radius 3 is 2.58 bits per heavy atom. The van der Waals surface area contributed by atoms with Gasteiger partial charge in [0.2, 0.25) is 0 Å². The van der Waals surface area contributed by atoms with Gasteiger partial charge in [0, 0.05) is 29.9 Å². The summed E-state index contributed by atoms with van der Waals surface area (Å²) in [5.74, 6) is -0.0134. The molecule has 0 spiro atoms. The van der Waals surface area contributed by atoms with Crippen LogP contribution >= 0.6 is 0 Å². The van der Waals surface area contributed by atoms with E-state index < -0.39 is 11.5 Å². The molecule has 26 heavy (non-hydrogen) atoms. The van der Waals surface area contributed by atoms with E-state index in [4.69, 9.17) is 0 Å². The molecule has 0 aliphatic carbocycles. The van der Waals surface area contributed by atoms with Gasteiger partial charge < -0.3 is 10.3 Å². The van der Waals surface area contributed by atoms with Gasteiger partial charge in [-0.2, -0.15) is 5.10 Å². The van der Waals surface area contributed by atoms with Crippen molar-refractivity contribution in [2.45, 2.75) is 33.2 Å². The summed E-state index contributed by atoms with van der Waals surface area (Å²) in [4.78, 5) is 31.6. The van der Waals surface area contributed by atoms with Crippen LogP contribution in [0.15, 0.2) is 41.3 Å². The van der Waals surface area contributed by atoms with Crippen LogP contribution in [0.25, 0.3) is 11.4 Å². The normalized spacial score (nSPS) is 12.0. The number of amides is 1. The average molecular weight is 351 g/mol. The van der Waals surface area contributed by atoms with E-state index in [-0.39, 0.29) is 11.6 Å². The third-order valence-electron chi connectivity index (χ3n) is 4.02. The van der Waals surface area contributed by atoms with Crippen LogP contribution < -0.4 is 10.9 Å². The first kappa shape index (κ1) is 17.6. The Labute approximate surface area is 150 Å². The number of nitrogens with one attached hydrogen (secondary N) is 3. The molecule has 1 atom stereocenters. The van der Waals surface area contributed by atoms with Crippen molar-refractivity contribution < 1.29 is 4.79 Å². The average Bonchev–Trinajstić information content (AvgIpc) is 2.99. The molecule has 0 bridgehead atoms. The zero-order valence-corrected chi connectivity index (χ0v) is 15.0. The molecule has 0 fully saturated rings. The second-order valence-corrected chi connectivity index (χ2v) is 6.46. The summed E-state index contributed by atoms with van der Waals surface area (Å²) < 4.78 is 0. The number of nitrogens with zero attached hydrogens (tertiary/aromatic N) is 2. The first-order valence-corrected chi connectivity index (χ1v) is 8.40. The maximum atomic E-state index is 12.4. The molecular formula is C19H21N5O2. The van der Waals surface area contributed by atoms with E-state index >= 15 is 0 Å². The molecule has 7 nitrogen and oxygen atoms in total. The van der Waals surface area contributed by atoms with Gasteiger partial charge in [-0.15, -0.1) is 0 Å². The number of aromatic amines is 2. The quantitative estimate of drug-likeness (QED) is 0.655. The monoisotopic (exact) mass is 351 g/mol. The molecule has 0 aliphatic rings. The van der Waals surface area contributed by atoms with Gasteiger partial charge in [-0.3, -0.25) is 14.7 Å². The van der Waals surface area contributed by atoms with E-state index in [0.29, 0.717) is 12.2 Å². The van der Waals surface area contributed by atoms with Crippen molar-refractivity contribution in [3.05, 3.63) is 69.4 Å². The first-order chi connectivity index (χ1) is 12.4. The molecule has 0 unspecified atom stereocenters. The Morgan fingerprint density at radius 2 is 1.96 bits per heavy atom. The summed E-state index contributed by atoms with van der Waals surface area (Å²) in [7, 11) is 0. The summed E-state index contributed by atoms with van der Waals surface area (Å²) in [6, 6.07) is 9.39. The Kier molecular flexibility index (Phi) is 4.97. The molecule has 134 valence electrons. The standard InChI is InChI=1S/C19H21N5O2/c1-11-4-6-14(7-5-11)17-20-10-16(19(26)22-17)18(25)21-12(2)8-15-9-13(3)23-24-15/h4-7,9-10,12H,8H2,1-3H3,(H,21,25)(H,23,24)(H,20,22,26)/t12-/m0/s1. The zero-order chi connectivity index (χ0) is 18.7. The Bertz CT molecular complexity index is 972. The van der Waals surface area contributed by atoms with Crippen molar-refractivity contribution in [1.29, 1.82) is 0 Å². The maximum absolute atomic E-state index is 12.4. The number of aryl methyl sites for hydroxylation is 2. The van der Waals surface area contributed by atoms with Crippen LogP contribution in [-0.2, 0) is 6.42 Å². The fraction of sp³-hybridized carbons (Fsp3) is 0.263. The SMILES string of the molecule is Cc1ccc(-c2ncc(C(=O)N[C@@H](C)Cc3cc(C)[nH]n3)c(=O)[nH]2)cc1. The minimum atomic E-state index is -0.462. The summed E-state index contributed by atoms with van der Waals surface area (Å²) >= 11 is 0. The molecule has 3 rings (SSSR count). The van der Waals surface area contributed by atoms with Crippen LogP contribution in [0.5, 0.6) is 0 Å². The number of hydrogen-bond donors (Lipinski definition) is 3. The zero-order valence-electron chi connectivity index (χ0n) is 15.0. The molecule has 0 aliphatic heterocycles. The molecule has 3 N–H and O–H groups in total. The molecule has 0 saturated heterocycles. The highest BCUT2D eigenvalue weighted by atomic mass is 16.2. The largest absolute Gasteiger partial charge is 0.349 e. The summed E-state index contributed by atoms with van der Waals surface area (Å²) in [5.41, 5.74) is 3.26. The molecule has 0 radical (unpaired) electrons. The number of rotatable bonds is 5. The minimum Gasteiger partial charge on any atom is -0.349 e. The number of H-pyrrole nitrogens is 2. The molecule has 2 heterocycles. The fourth-order valence-corrected chi connectivity index (χ4v) is 2.66. The van der Waals surface area contributed by atoms with E-state index in [0.717, 1.165) is 22.5 Å². The third-order valence-corrected chi connectivity index (χ3v) is 4.02. The van der Waals surface area contributed by atoms with Gasteiger partial charge in [-0.25, -0.2) is 4.98 Å². The van der Waals surface area contributed by atoms with Crippen molar-refractivity contribution in [2.24, 2.45) is 0 Å². The maximum Gasteiger partial charge on any atom is 0.264 e. The van der Waals surface area contributed by atoms with Gasteiger partial charge in [-0.05, 0) is 26.8 Å². The van der Waals surface area contributed by atoms with Gasteiger partial charge in [0.1, 0.15) is 11.4 Å². The van der Waals surface area contributed by atoms with E-state index in [2.05, 4.69) is 25.5 Å². The van der Waals surface area contributed by atoms with Crippen molar-refractivity contribution in [3.63, 3.8) is 0 Å². The first-order valence-electron chi connectivity index (χ1n) is 8.40. The smallest absolute Gasteiger partial charge is 0.264 e. The molecule has 1 aromatic carbocycles. The predicted molar refractivity (Wildman–Crippen MR) is 99.0 cm³/mol. The second kappa shape index (κ2) is 7.35. The topological polar surface area (TPSA) is 104 Å². The fourth-order valence-electron chi connectivity index (χ4n) is 2.66. The molecule has 2 aromatic heterocycles. The number of benzene rings is 1. The van der Waals surface area contributed by atoms with Crippen LogP contribution in [0.3, 0.4) is 0 Å². The van der Waals surface area contributed by atoms with Gasteiger partial charge in [0.25, 0.3) is 11.5 Å². The highest BCUT2D eigenvalue weighted by Crippen LogP contribution is 2.13. The third kappa shape index (κ3) is 4.05. The van der Waals surface area contributed by atoms with Crippen LogP contribution in [0.1, 0.15) is 34.2 Å². The lowest BCUT2D eigenvalue weighted by atomic mass is 10.1. The van der Waals surface area contributed by atoms with Crippen molar-refractivity contribution in [1.82, 2.24) is 25.5 Å².